The molecule has 0 unspecified atom stereocenters. The van der Waals surface area contributed by atoms with E-state index in [9.17, 15) is 14.9 Å². The van der Waals surface area contributed by atoms with Crippen molar-refractivity contribution in [2.45, 2.75) is 26.2 Å². The summed E-state index contributed by atoms with van der Waals surface area (Å²) in [5.41, 5.74) is 9.33. The number of hydrazone groups is 1. The van der Waals surface area contributed by atoms with Crippen molar-refractivity contribution < 1.29 is 19.2 Å². The molecule has 0 aliphatic carbocycles. The lowest BCUT2D eigenvalue weighted by molar-refractivity contribution is -0.386. The third-order valence-electron chi connectivity index (χ3n) is 4.52. The third-order valence-corrected chi connectivity index (χ3v) is 5.36. The highest BCUT2D eigenvalue weighted by Gasteiger charge is 2.22. The molecule has 0 atom stereocenters. The second kappa shape index (κ2) is 10.5. The lowest BCUT2D eigenvalue weighted by atomic mass is 10.2. The predicted molar refractivity (Wildman–Crippen MR) is 124 cm³/mol. The van der Waals surface area contributed by atoms with Crippen molar-refractivity contribution in [1.82, 2.24) is 10.4 Å². The predicted octanol–water partition coefficient (Wildman–Crippen LogP) is 4.13. The molecule has 3 N–H and O–H groups in total. The summed E-state index contributed by atoms with van der Waals surface area (Å²) in [5, 5.41) is 15.9. The van der Waals surface area contributed by atoms with E-state index in [4.69, 9.17) is 15.2 Å². The molecule has 32 heavy (non-hydrogen) atoms. The van der Waals surface area contributed by atoms with Crippen molar-refractivity contribution in [2.75, 3.05) is 19.5 Å². The Morgan fingerprint density at radius 1 is 1.34 bits per heavy atom. The Balaban J connectivity index is 1.75. The Labute approximate surface area is 188 Å². The number of nitrogens with one attached hydrogen (secondary N) is 1. The zero-order valence-electron chi connectivity index (χ0n) is 17.7. The second-order valence-electron chi connectivity index (χ2n) is 6.82. The van der Waals surface area contributed by atoms with E-state index in [0.29, 0.717) is 28.4 Å². The van der Waals surface area contributed by atoms with Crippen molar-refractivity contribution >= 4 is 44.5 Å². The molecule has 11 heteroatoms. The lowest BCUT2D eigenvalue weighted by Gasteiger charge is -2.11. The summed E-state index contributed by atoms with van der Waals surface area (Å²) >= 11 is 1.28. The highest BCUT2D eigenvalue weighted by atomic mass is 32.1. The van der Waals surface area contributed by atoms with E-state index in [1.54, 1.807) is 24.3 Å². The number of carbonyl (C=O) groups is 1. The molecule has 0 spiro atoms. The molecular formula is C21H23N5O5S. The van der Waals surface area contributed by atoms with Crippen LogP contribution in [-0.2, 0) is 0 Å². The zero-order chi connectivity index (χ0) is 23.1. The van der Waals surface area contributed by atoms with Gasteiger partial charge in [-0.3, -0.25) is 14.9 Å². The zero-order valence-corrected chi connectivity index (χ0v) is 18.5. The Morgan fingerprint density at radius 3 is 2.88 bits per heavy atom. The van der Waals surface area contributed by atoms with Gasteiger partial charge >= 0.3 is 5.69 Å². The number of amides is 1. The van der Waals surface area contributed by atoms with Gasteiger partial charge in [0.1, 0.15) is 0 Å². The van der Waals surface area contributed by atoms with Crippen LogP contribution >= 0.6 is 11.3 Å². The molecule has 10 nitrogen and oxygen atoms in total. The molecule has 3 aromatic rings. The van der Waals surface area contributed by atoms with E-state index in [2.05, 4.69) is 22.4 Å². The number of nitrogens with zero attached hydrogens (tertiary/aromatic N) is 3. The van der Waals surface area contributed by atoms with Crippen LogP contribution in [0.5, 0.6) is 11.5 Å². The van der Waals surface area contributed by atoms with Crippen LogP contribution in [0.3, 0.4) is 0 Å². The smallest absolute Gasteiger partial charge is 0.315 e. The van der Waals surface area contributed by atoms with Gasteiger partial charge < -0.3 is 15.2 Å². The van der Waals surface area contributed by atoms with Crippen molar-refractivity contribution in [3.63, 3.8) is 0 Å². The maximum atomic E-state index is 12.4. The number of fused-ring (bicyclic) bond motifs is 1. The minimum absolute atomic E-state index is 0.0759. The number of carbonyl (C=O) groups excluding carboxylic acids is 1. The molecule has 1 aromatic heterocycles. The molecule has 0 aliphatic rings. The third kappa shape index (κ3) is 5.49. The number of nitro groups is 1. The minimum Gasteiger partial charge on any atom is -0.493 e. The number of ether oxygens (including phenoxy) is 2. The van der Waals surface area contributed by atoms with E-state index < -0.39 is 10.8 Å². The van der Waals surface area contributed by atoms with Gasteiger partial charge in [0, 0.05) is 17.2 Å². The number of hydrogen-bond donors (Lipinski definition) is 2. The average molecular weight is 458 g/mol. The van der Waals surface area contributed by atoms with E-state index in [1.807, 2.05) is 0 Å². The topological polar surface area (TPSA) is 142 Å². The molecule has 0 aliphatic heterocycles. The van der Waals surface area contributed by atoms with Crippen LogP contribution in [0.25, 0.3) is 10.2 Å². The Hall–Kier alpha value is -3.73. The van der Waals surface area contributed by atoms with E-state index in [1.165, 1.54) is 30.7 Å². The molecule has 1 heterocycles. The van der Waals surface area contributed by atoms with Gasteiger partial charge in [-0.05, 0) is 30.7 Å². The number of nitrogen functional groups attached to an aromatic ring is 1. The molecule has 3 rings (SSSR count). The summed E-state index contributed by atoms with van der Waals surface area (Å²) in [5.74, 6) is -0.143. The van der Waals surface area contributed by atoms with Crippen molar-refractivity contribution in [3.8, 4) is 11.5 Å². The van der Waals surface area contributed by atoms with Gasteiger partial charge in [-0.1, -0.05) is 31.1 Å². The van der Waals surface area contributed by atoms with Crippen molar-refractivity contribution in [2.24, 2.45) is 5.10 Å². The number of methoxy groups -OCH3 is 1. The molecule has 0 saturated heterocycles. The molecule has 2 aromatic carbocycles. The first-order valence-corrected chi connectivity index (χ1v) is 10.7. The minimum atomic E-state index is -0.538. The molecule has 0 bridgehead atoms. The Kier molecular flexibility index (Phi) is 7.55. The number of aromatic nitrogens is 1. The number of unbranched alkanes of at least 4 members (excludes halogenated alkanes) is 2. The number of nitrogens with two attached hydrogens (primary N) is 1. The molecule has 0 saturated carbocycles. The number of anilines is 1. The molecular weight excluding hydrogens is 434 g/mol. The fourth-order valence-corrected chi connectivity index (χ4v) is 3.73. The number of hydrogen-bond acceptors (Lipinski definition) is 9. The SMILES string of the molecule is CCCCCOc1c(OC)cc(/C=N\NC(=O)c2ccc3nc(N)sc3c2)cc1[N+](=O)[O-]. The summed E-state index contributed by atoms with van der Waals surface area (Å²) in [4.78, 5) is 27.5. The molecule has 0 fully saturated rings. The molecule has 1 amide bonds. The highest BCUT2D eigenvalue weighted by molar-refractivity contribution is 7.22. The van der Waals surface area contributed by atoms with Crippen LogP contribution < -0.4 is 20.6 Å². The normalized spacial score (nSPS) is 11.1. The largest absolute Gasteiger partial charge is 0.493 e. The van der Waals surface area contributed by atoms with Crippen molar-refractivity contribution in [1.29, 1.82) is 0 Å². The van der Waals surface area contributed by atoms with Crippen LogP contribution in [0.1, 0.15) is 42.1 Å². The van der Waals surface area contributed by atoms with E-state index in [0.717, 1.165) is 24.0 Å². The quantitative estimate of drug-likeness (QED) is 0.202. The van der Waals surface area contributed by atoms with Crippen molar-refractivity contribution in [3.05, 3.63) is 51.6 Å². The average Bonchev–Trinajstić information content (AvgIpc) is 3.15. The van der Waals surface area contributed by atoms with E-state index >= 15 is 0 Å². The summed E-state index contributed by atoms with van der Waals surface area (Å²) in [6.07, 6.45) is 4.06. The van der Waals surface area contributed by atoms with Crippen LogP contribution in [0.2, 0.25) is 0 Å². The fraction of sp³-hybridized carbons (Fsp3) is 0.286. The summed E-state index contributed by atoms with van der Waals surface area (Å²) < 4.78 is 11.7. The highest BCUT2D eigenvalue weighted by Crippen LogP contribution is 2.38. The van der Waals surface area contributed by atoms with E-state index in [-0.39, 0.29) is 17.2 Å². The maximum Gasteiger partial charge on any atom is 0.315 e. The monoisotopic (exact) mass is 457 g/mol. The van der Waals surface area contributed by atoms with Crippen LogP contribution in [0, 0.1) is 10.1 Å². The summed E-state index contributed by atoms with van der Waals surface area (Å²) in [7, 11) is 1.41. The van der Waals surface area contributed by atoms with Crippen LogP contribution in [0.4, 0.5) is 10.8 Å². The van der Waals surface area contributed by atoms with Gasteiger partial charge in [-0.15, -0.1) is 0 Å². The number of nitro benzene ring substituents is 1. The van der Waals surface area contributed by atoms with Gasteiger partial charge in [0.05, 0.1) is 35.1 Å². The standard InChI is InChI=1S/C21H23N5O5S/c1-3-4-5-8-31-19-16(26(28)29)9-13(10-17(19)30-2)12-23-25-20(27)14-6-7-15-18(11-14)32-21(22)24-15/h6-7,9-12H,3-5,8H2,1-2H3,(H2,22,24)(H,25,27)/b23-12-. The Morgan fingerprint density at radius 2 is 2.16 bits per heavy atom. The molecule has 168 valence electrons. The number of benzene rings is 2. The summed E-state index contributed by atoms with van der Waals surface area (Å²) in [6.45, 7) is 2.41. The second-order valence-corrected chi connectivity index (χ2v) is 7.88. The summed E-state index contributed by atoms with van der Waals surface area (Å²) in [6, 6.07) is 7.87. The lowest BCUT2D eigenvalue weighted by Crippen LogP contribution is -2.17. The fourth-order valence-electron chi connectivity index (χ4n) is 2.96. The number of rotatable bonds is 10. The first-order chi connectivity index (χ1) is 15.4. The van der Waals surface area contributed by atoms with Crippen LogP contribution in [0.15, 0.2) is 35.4 Å². The van der Waals surface area contributed by atoms with Gasteiger partial charge in [0.25, 0.3) is 5.91 Å². The van der Waals surface area contributed by atoms with Gasteiger partial charge in [0.15, 0.2) is 10.9 Å². The first-order valence-electron chi connectivity index (χ1n) is 9.91. The first kappa shape index (κ1) is 22.9. The van der Waals surface area contributed by atoms with Crippen LogP contribution in [-0.4, -0.2) is 35.7 Å². The molecule has 0 radical (unpaired) electrons. The van der Waals surface area contributed by atoms with Gasteiger partial charge in [-0.2, -0.15) is 5.10 Å². The maximum absolute atomic E-state index is 12.4. The van der Waals surface area contributed by atoms with Gasteiger partial charge in [0.2, 0.25) is 5.75 Å². The Bertz CT molecular complexity index is 1160. The number of thiazole rings is 1. The van der Waals surface area contributed by atoms with Gasteiger partial charge in [-0.25, -0.2) is 10.4 Å².